The standard InChI is InChI=1S/C15H20FN/c1-10-12(5-3-6-13(10)16)15-9-8-11-4-2-7-14(11)17-15/h3,5-6,11,14-15,17H,2,4,7-9H2,1H3. The predicted molar refractivity (Wildman–Crippen MR) is 67.4 cm³/mol. The van der Waals surface area contributed by atoms with Gasteiger partial charge in [-0.1, -0.05) is 18.6 Å². The van der Waals surface area contributed by atoms with Gasteiger partial charge in [-0.3, -0.25) is 0 Å². The third-order valence-electron chi connectivity index (χ3n) is 4.59. The molecule has 0 aromatic heterocycles. The van der Waals surface area contributed by atoms with Crippen LogP contribution in [0.3, 0.4) is 0 Å². The number of piperidine rings is 1. The Morgan fingerprint density at radius 1 is 1.18 bits per heavy atom. The molecular formula is C15H20FN. The van der Waals surface area contributed by atoms with Gasteiger partial charge in [0.1, 0.15) is 5.82 Å². The van der Waals surface area contributed by atoms with Crippen molar-refractivity contribution < 1.29 is 4.39 Å². The molecule has 1 aliphatic heterocycles. The molecule has 1 saturated heterocycles. The van der Waals surface area contributed by atoms with E-state index in [2.05, 4.69) is 11.4 Å². The highest BCUT2D eigenvalue weighted by molar-refractivity contribution is 5.30. The molecule has 2 fully saturated rings. The minimum atomic E-state index is -0.0714. The lowest BCUT2D eigenvalue weighted by molar-refractivity contribution is 0.260. The van der Waals surface area contributed by atoms with Crippen LogP contribution in [0.25, 0.3) is 0 Å². The van der Waals surface area contributed by atoms with Crippen molar-refractivity contribution in [3.8, 4) is 0 Å². The average Bonchev–Trinajstić information content (AvgIpc) is 2.79. The lowest BCUT2D eigenvalue weighted by Gasteiger charge is -2.34. The van der Waals surface area contributed by atoms with Crippen LogP contribution < -0.4 is 5.32 Å². The molecule has 1 nitrogen and oxygen atoms in total. The summed E-state index contributed by atoms with van der Waals surface area (Å²) in [6, 6.07) is 6.51. The maximum atomic E-state index is 13.6. The Morgan fingerprint density at radius 2 is 2.06 bits per heavy atom. The highest BCUT2D eigenvalue weighted by atomic mass is 19.1. The quantitative estimate of drug-likeness (QED) is 0.779. The summed E-state index contributed by atoms with van der Waals surface area (Å²) in [4.78, 5) is 0. The lowest BCUT2D eigenvalue weighted by atomic mass is 9.86. The van der Waals surface area contributed by atoms with Crippen molar-refractivity contribution in [2.75, 3.05) is 0 Å². The van der Waals surface area contributed by atoms with Gasteiger partial charge in [-0.25, -0.2) is 4.39 Å². The van der Waals surface area contributed by atoms with Gasteiger partial charge in [0.15, 0.2) is 0 Å². The Kier molecular flexibility index (Phi) is 2.91. The van der Waals surface area contributed by atoms with Crippen molar-refractivity contribution in [1.82, 2.24) is 5.32 Å². The van der Waals surface area contributed by atoms with Crippen molar-refractivity contribution in [1.29, 1.82) is 0 Å². The summed E-state index contributed by atoms with van der Waals surface area (Å²) in [7, 11) is 0. The average molecular weight is 233 g/mol. The molecule has 17 heavy (non-hydrogen) atoms. The van der Waals surface area contributed by atoms with Crippen LogP contribution in [0.1, 0.15) is 49.3 Å². The molecule has 1 aromatic carbocycles. The lowest BCUT2D eigenvalue weighted by Crippen LogP contribution is -2.40. The maximum absolute atomic E-state index is 13.6. The van der Waals surface area contributed by atoms with Crippen LogP contribution in [0.4, 0.5) is 4.39 Å². The molecule has 92 valence electrons. The van der Waals surface area contributed by atoms with Gasteiger partial charge in [-0.2, -0.15) is 0 Å². The molecule has 0 radical (unpaired) electrons. The summed E-state index contributed by atoms with van der Waals surface area (Å²) in [5.74, 6) is 0.804. The van der Waals surface area contributed by atoms with E-state index in [9.17, 15) is 4.39 Å². The number of halogens is 1. The number of hydrogen-bond acceptors (Lipinski definition) is 1. The minimum absolute atomic E-state index is 0.0714. The third-order valence-corrected chi connectivity index (χ3v) is 4.59. The molecule has 3 rings (SSSR count). The fourth-order valence-corrected chi connectivity index (χ4v) is 3.57. The topological polar surface area (TPSA) is 12.0 Å². The van der Waals surface area contributed by atoms with Crippen molar-refractivity contribution >= 4 is 0 Å². The fraction of sp³-hybridized carbons (Fsp3) is 0.600. The monoisotopic (exact) mass is 233 g/mol. The molecule has 1 saturated carbocycles. The van der Waals surface area contributed by atoms with E-state index in [1.54, 1.807) is 6.07 Å². The molecule has 3 unspecified atom stereocenters. The zero-order valence-corrected chi connectivity index (χ0v) is 10.4. The minimum Gasteiger partial charge on any atom is -0.307 e. The van der Waals surface area contributed by atoms with E-state index in [1.807, 2.05) is 13.0 Å². The van der Waals surface area contributed by atoms with E-state index in [0.29, 0.717) is 12.1 Å². The van der Waals surface area contributed by atoms with Crippen molar-refractivity contribution in [2.24, 2.45) is 5.92 Å². The van der Waals surface area contributed by atoms with Gasteiger partial charge in [0, 0.05) is 12.1 Å². The van der Waals surface area contributed by atoms with Crippen LogP contribution in [-0.2, 0) is 0 Å². The molecule has 3 atom stereocenters. The molecule has 0 amide bonds. The first-order chi connectivity index (χ1) is 8.25. The highest BCUT2D eigenvalue weighted by Gasteiger charge is 2.34. The Labute approximate surface area is 102 Å². The SMILES string of the molecule is Cc1c(F)cccc1C1CCC2CCCC2N1. The van der Waals surface area contributed by atoms with Crippen LogP contribution >= 0.6 is 0 Å². The van der Waals surface area contributed by atoms with Crippen LogP contribution in [0.5, 0.6) is 0 Å². The largest absolute Gasteiger partial charge is 0.307 e. The van der Waals surface area contributed by atoms with Gasteiger partial charge in [-0.15, -0.1) is 0 Å². The van der Waals surface area contributed by atoms with E-state index in [4.69, 9.17) is 0 Å². The molecule has 1 heterocycles. The van der Waals surface area contributed by atoms with Crippen molar-refractivity contribution in [3.63, 3.8) is 0 Å². The van der Waals surface area contributed by atoms with E-state index in [0.717, 1.165) is 23.5 Å². The van der Waals surface area contributed by atoms with E-state index >= 15 is 0 Å². The number of hydrogen-bond donors (Lipinski definition) is 1. The van der Waals surface area contributed by atoms with Crippen LogP contribution in [0.2, 0.25) is 0 Å². The summed E-state index contributed by atoms with van der Waals surface area (Å²) >= 11 is 0. The highest BCUT2D eigenvalue weighted by Crippen LogP contribution is 2.38. The van der Waals surface area contributed by atoms with Crippen LogP contribution in [0.15, 0.2) is 18.2 Å². The summed E-state index contributed by atoms with van der Waals surface area (Å²) in [5.41, 5.74) is 1.98. The zero-order valence-electron chi connectivity index (χ0n) is 10.4. The molecular weight excluding hydrogens is 213 g/mol. The van der Waals surface area contributed by atoms with Crippen molar-refractivity contribution in [2.45, 2.75) is 51.1 Å². The van der Waals surface area contributed by atoms with Crippen LogP contribution in [0, 0.1) is 18.7 Å². The van der Waals surface area contributed by atoms with Crippen LogP contribution in [-0.4, -0.2) is 6.04 Å². The Bertz CT molecular complexity index is 415. The molecule has 1 N–H and O–H groups in total. The predicted octanol–water partition coefficient (Wildman–Crippen LogP) is 3.73. The van der Waals surface area contributed by atoms with E-state index in [-0.39, 0.29) is 5.82 Å². The summed E-state index contributed by atoms with van der Waals surface area (Å²) < 4.78 is 13.6. The van der Waals surface area contributed by atoms with Gasteiger partial charge in [-0.05, 0) is 55.7 Å². The van der Waals surface area contributed by atoms with Gasteiger partial charge < -0.3 is 5.32 Å². The normalized spacial score (nSPS) is 32.5. The second kappa shape index (κ2) is 4.41. The first-order valence-electron chi connectivity index (χ1n) is 6.77. The number of nitrogens with one attached hydrogen (secondary N) is 1. The second-order valence-electron chi connectivity index (χ2n) is 5.55. The third kappa shape index (κ3) is 1.99. The number of benzene rings is 1. The molecule has 0 spiro atoms. The van der Waals surface area contributed by atoms with Gasteiger partial charge in [0.05, 0.1) is 0 Å². The van der Waals surface area contributed by atoms with Crippen molar-refractivity contribution in [3.05, 3.63) is 35.1 Å². The molecule has 2 heteroatoms. The van der Waals surface area contributed by atoms with E-state index in [1.165, 1.54) is 25.7 Å². The Balaban J connectivity index is 1.82. The molecule has 1 aliphatic carbocycles. The molecule has 1 aromatic rings. The van der Waals surface area contributed by atoms with Gasteiger partial charge in [0.25, 0.3) is 0 Å². The number of fused-ring (bicyclic) bond motifs is 1. The summed E-state index contributed by atoms with van der Waals surface area (Å²) in [6.45, 7) is 1.90. The zero-order chi connectivity index (χ0) is 11.8. The fourth-order valence-electron chi connectivity index (χ4n) is 3.57. The second-order valence-corrected chi connectivity index (χ2v) is 5.55. The first kappa shape index (κ1) is 11.2. The molecule has 0 bridgehead atoms. The first-order valence-corrected chi connectivity index (χ1v) is 6.77. The summed E-state index contributed by atoms with van der Waals surface area (Å²) in [6.07, 6.45) is 6.50. The molecule has 2 aliphatic rings. The number of rotatable bonds is 1. The van der Waals surface area contributed by atoms with Gasteiger partial charge >= 0.3 is 0 Å². The van der Waals surface area contributed by atoms with Gasteiger partial charge in [0.2, 0.25) is 0 Å². The summed E-state index contributed by atoms with van der Waals surface area (Å²) in [5, 5.41) is 3.73. The maximum Gasteiger partial charge on any atom is 0.126 e. The Morgan fingerprint density at radius 3 is 2.94 bits per heavy atom. The Hall–Kier alpha value is -0.890. The van der Waals surface area contributed by atoms with E-state index < -0.39 is 0 Å². The smallest absolute Gasteiger partial charge is 0.126 e.